The van der Waals surface area contributed by atoms with Crippen molar-refractivity contribution in [3.05, 3.63) is 33.8 Å². The van der Waals surface area contributed by atoms with Crippen molar-refractivity contribution in [1.29, 1.82) is 0 Å². The van der Waals surface area contributed by atoms with Crippen LogP contribution in [-0.2, 0) is 6.54 Å². The average molecular weight is 237 g/mol. The fraction of sp³-hybridized carbons (Fsp3) is 0.250. The first-order chi connectivity index (χ1) is 4.74. The first-order valence-corrected chi connectivity index (χ1v) is 3.98. The minimum absolute atomic E-state index is 0. The van der Waals surface area contributed by atoms with Gasteiger partial charge >= 0.3 is 0 Å². The molecule has 0 radical (unpaired) electrons. The third-order valence-electron chi connectivity index (χ3n) is 1.47. The monoisotopic (exact) mass is 235 g/mol. The smallest absolute Gasteiger partial charge is 0.0207 e. The zero-order valence-electron chi connectivity index (χ0n) is 6.30. The van der Waals surface area contributed by atoms with E-state index in [0.717, 1.165) is 10.0 Å². The van der Waals surface area contributed by atoms with Gasteiger partial charge in [0.15, 0.2) is 0 Å². The molecule has 0 fully saturated rings. The van der Waals surface area contributed by atoms with Gasteiger partial charge in [-0.3, -0.25) is 0 Å². The number of hydrogen-bond acceptors (Lipinski definition) is 1. The predicted molar refractivity (Wildman–Crippen MR) is 54.0 cm³/mol. The second kappa shape index (κ2) is 4.75. The average Bonchev–Trinajstić information content (AvgIpc) is 1.95. The summed E-state index contributed by atoms with van der Waals surface area (Å²) in [6.45, 7) is 2.67. The Balaban J connectivity index is 0.000001000. The summed E-state index contributed by atoms with van der Waals surface area (Å²) in [5.74, 6) is 0. The van der Waals surface area contributed by atoms with Gasteiger partial charge in [0.1, 0.15) is 0 Å². The van der Waals surface area contributed by atoms with Crippen LogP contribution in [0.2, 0.25) is 0 Å². The van der Waals surface area contributed by atoms with Gasteiger partial charge < -0.3 is 5.73 Å². The van der Waals surface area contributed by atoms with E-state index in [-0.39, 0.29) is 12.4 Å². The summed E-state index contributed by atoms with van der Waals surface area (Å²) in [6, 6.07) is 6.15. The highest BCUT2D eigenvalue weighted by atomic mass is 79.9. The molecule has 1 nitrogen and oxygen atoms in total. The van der Waals surface area contributed by atoms with Crippen molar-refractivity contribution in [2.45, 2.75) is 13.5 Å². The van der Waals surface area contributed by atoms with Crippen molar-refractivity contribution < 1.29 is 0 Å². The third kappa shape index (κ3) is 2.81. The maximum Gasteiger partial charge on any atom is 0.0207 e. The van der Waals surface area contributed by atoms with E-state index in [0.29, 0.717) is 6.54 Å². The van der Waals surface area contributed by atoms with Crippen LogP contribution in [0, 0.1) is 6.92 Å². The molecule has 0 bridgehead atoms. The Morgan fingerprint density at radius 3 is 2.55 bits per heavy atom. The Kier molecular flexibility index (Phi) is 4.73. The number of hydrogen-bond donors (Lipinski definition) is 1. The van der Waals surface area contributed by atoms with Gasteiger partial charge in [-0.05, 0) is 24.1 Å². The van der Waals surface area contributed by atoms with Gasteiger partial charge in [0.05, 0.1) is 0 Å². The lowest BCUT2D eigenvalue weighted by atomic mass is 10.2. The van der Waals surface area contributed by atoms with E-state index >= 15 is 0 Å². The van der Waals surface area contributed by atoms with Crippen LogP contribution >= 0.6 is 28.3 Å². The molecule has 1 aromatic rings. The Bertz CT molecular complexity index is 238. The first-order valence-electron chi connectivity index (χ1n) is 3.19. The van der Waals surface area contributed by atoms with Crippen molar-refractivity contribution in [1.82, 2.24) is 0 Å². The number of rotatable bonds is 1. The summed E-state index contributed by atoms with van der Waals surface area (Å²) in [4.78, 5) is 0. The summed E-state index contributed by atoms with van der Waals surface area (Å²) in [7, 11) is 0. The normalized spacial score (nSPS) is 9.00. The van der Waals surface area contributed by atoms with E-state index in [2.05, 4.69) is 35.0 Å². The number of benzene rings is 1. The van der Waals surface area contributed by atoms with Gasteiger partial charge in [0.25, 0.3) is 0 Å². The quantitative estimate of drug-likeness (QED) is 0.797. The van der Waals surface area contributed by atoms with Crippen LogP contribution in [-0.4, -0.2) is 0 Å². The zero-order valence-corrected chi connectivity index (χ0v) is 8.71. The van der Waals surface area contributed by atoms with Crippen molar-refractivity contribution in [2.24, 2.45) is 5.73 Å². The Morgan fingerprint density at radius 1 is 1.45 bits per heavy atom. The molecule has 0 unspecified atom stereocenters. The molecule has 11 heavy (non-hydrogen) atoms. The van der Waals surface area contributed by atoms with Gasteiger partial charge in [-0.15, -0.1) is 12.4 Å². The zero-order chi connectivity index (χ0) is 7.56. The molecule has 0 aliphatic carbocycles. The lowest BCUT2D eigenvalue weighted by molar-refractivity contribution is 1.07. The van der Waals surface area contributed by atoms with Crippen LogP contribution in [0.3, 0.4) is 0 Å². The van der Waals surface area contributed by atoms with Crippen molar-refractivity contribution in [3.8, 4) is 0 Å². The molecule has 1 aromatic carbocycles. The maximum absolute atomic E-state index is 5.45. The van der Waals surface area contributed by atoms with Gasteiger partial charge in [0.2, 0.25) is 0 Å². The summed E-state index contributed by atoms with van der Waals surface area (Å²) in [5, 5.41) is 0. The van der Waals surface area contributed by atoms with Crippen LogP contribution < -0.4 is 5.73 Å². The Hall–Kier alpha value is -0.0500. The molecule has 0 saturated carbocycles. The summed E-state index contributed by atoms with van der Waals surface area (Å²) >= 11 is 3.43. The van der Waals surface area contributed by atoms with Crippen molar-refractivity contribution >= 4 is 28.3 Å². The fourth-order valence-corrected chi connectivity index (χ4v) is 1.19. The lowest BCUT2D eigenvalue weighted by Crippen LogP contribution is -1.95. The predicted octanol–water partition coefficient (Wildman–Crippen LogP) is 2.64. The van der Waals surface area contributed by atoms with E-state index < -0.39 is 0 Å². The molecule has 0 aliphatic rings. The molecule has 0 spiro atoms. The molecule has 3 heteroatoms. The number of halogens is 2. The molecular weight excluding hydrogens is 225 g/mol. The van der Waals surface area contributed by atoms with E-state index in [1.807, 2.05) is 6.07 Å². The third-order valence-corrected chi connectivity index (χ3v) is 2.33. The second-order valence-electron chi connectivity index (χ2n) is 2.29. The van der Waals surface area contributed by atoms with E-state index in [1.54, 1.807) is 0 Å². The van der Waals surface area contributed by atoms with E-state index in [4.69, 9.17) is 5.73 Å². The molecule has 0 heterocycles. The van der Waals surface area contributed by atoms with Crippen LogP contribution in [0.4, 0.5) is 0 Å². The van der Waals surface area contributed by atoms with E-state index in [9.17, 15) is 0 Å². The van der Waals surface area contributed by atoms with E-state index in [1.165, 1.54) is 5.56 Å². The van der Waals surface area contributed by atoms with Crippen molar-refractivity contribution in [3.63, 3.8) is 0 Å². The van der Waals surface area contributed by atoms with Gasteiger partial charge in [-0.2, -0.15) is 0 Å². The fourth-order valence-electron chi connectivity index (χ4n) is 0.763. The van der Waals surface area contributed by atoms with Crippen LogP contribution in [0.15, 0.2) is 22.7 Å². The second-order valence-corrected chi connectivity index (χ2v) is 3.14. The Labute approximate surface area is 81.5 Å². The number of aryl methyl sites for hydroxylation is 1. The molecule has 62 valence electrons. The molecule has 0 amide bonds. The summed E-state index contributed by atoms with van der Waals surface area (Å²) in [6.07, 6.45) is 0. The lowest BCUT2D eigenvalue weighted by Gasteiger charge is -1.99. The molecular formula is C8H11BrClN. The highest BCUT2D eigenvalue weighted by Crippen LogP contribution is 2.16. The van der Waals surface area contributed by atoms with Gasteiger partial charge in [-0.25, -0.2) is 0 Å². The molecule has 0 aromatic heterocycles. The topological polar surface area (TPSA) is 26.0 Å². The van der Waals surface area contributed by atoms with Gasteiger partial charge in [-0.1, -0.05) is 28.1 Å². The SMILES string of the molecule is Cc1ccc(CN)cc1Br.Cl. The summed E-state index contributed by atoms with van der Waals surface area (Å²) in [5.41, 5.74) is 7.86. The molecule has 0 aliphatic heterocycles. The van der Waals surface area contributed by atoms with Crippen LogP contribution in [0.1, 0.15) is 11.1 Å². The highest BCUT2D eigenvalue weighted by Gasteiger charge is 1.93. The molecule has 0 atom stereocenters. The van der Waals surface area contributed by atoms with Crippen molar-refractivity contribution in [2.75, 3.05) is 0 Å². The van der Waals surface area contributed by atoms with Crippen LogP contribution in [0.25, 0.3) is 0 Å². The first kappa shape index (κ1) is 11.0. The van der Waals surface area contributed by atoms with Crippen LogP contribution in [0.5, 0.6) is 0 Å². The largest absolute Gasteiger partial charge is 0.326 e. The minimum Gasteiger partial charge on any atom is -0.326 e. The highest BCUT2D eigenvalue weighted by molar-refractivity contribution is 9.10. The molecule has 1 rings (SSSR count). The maximum atomic E-state index is 5.45. The molecule has 0 saturated heterocycles. The minimum atomic E-state index is 0. The standard InChI is InChI=1S/C8H10BrN.ClH/c1-6-2-3-7(5-10)4-8(6)9;/h2-4H,5,10H2,1H3;1H. The summed E-state index contributed by atoms with van der Waals surface area (Å²) < 4.78 is 1.13. The number of nitrogens with two attached hydrogens (primary N) is 1. The Morgan fingerprint density at radius 2 is 2.09 bits per heavy atom. The molecule has 2 N–H and O–H groups in total. The van der Waals surface area contributed by atoms with Gasteiger partial charge in [0, 0.05) is 11.0 Å².